The van der Waals surface area contributed by atoms with Crippen molar-refractivity contribution in [2.75, 3.05) is 14.1 Å². The van der Waals surface area contributed by atoms with Gasteiger partial charge in [0.2, 0.25) is 0 Å². The quantitative estimate of drug-likeness (QED) is 0.628. The van der Waals surface area contributed by atoms with Crippen molar-refractivity contribution in [2.24, 2.45) is 5.41 Å². The molecule has 1 rings (SSSR count). The minimum Gasteiger partial charge on any atom is -0.378 e. The highest BCUT2D eigenvalue weighted by Gasteiger charge is 2.32. The predicted molar refractivity (Wildman–Crippen MR) is 68.9 cm³/mol. The zero-order valence-corrected chi connectivity index (χ0v) is 11.0. The number of nitrogens with zero attached hydrogens (tertiary/aromatic N) is 1. The van der Waals surface area contributed by atoms with Crippen LogP contribution in [0.15, 0.2) is 30.3 Å². The van der Waals surface area contributed by atoms with E-state index in [0.717, 1.165) is 0 Å². The number of carbonyl (C=O) groups excluding carboxylic acids is 1. The van der Waals surface area contributed by atoms with E-state index in [2.05, 4.69) is 0 Å². The molecular formula is C14H21NO2. The lowest BCUT2D eigenvalue weighted by molar-refractivity contribution is -0.0528. The Balaban J connectivity index is 2.75. The van der Waals surface area contributed by atoms with Crippen LogP contribution < -0.4 is 0 Å². The molecule has 17 heavy (non-hydrogen) atoms. The maximum absolute atomic E-state index is 12.1. The number of hydrogen-bond donors (Lipinski definition) is 1. The lowest BCUT2D eigenvalue weighted by Gasteiger charge is -2.34. The highest BCUT2D eigenvalue weighted by molar-refractivity contribution is 5.96. The molecule has 0 saturated heterocycles. The molecule has 1 aromatic rings. The van der Waals surface area contributed by atoms with Crippen molar-refractivity contribution in [3.8, 4) is 0 Å². The van der Waals surface area contributed by atoms with Crippen molar-refractivity contribution in [1.29, 1.82) is 0 Å². The summed E-state index contributed by atoms with van der Waals surface area (Å²) in [5.74, 6) is 0.0662. The maximum Gasteiger partial charge on any atom is 0.163 e. The number of rotatable bonds is 5. The van der Waals surface area contributed by atoms with Crippen molar-refractivity contribution in [3.05, 3.63) is 35.9 Å². The Morgan fingerprint density at radius 3 is 2.29 bits per heavy atom. The lowest BCUT2D eigenvalue weighted by Crippen LogP contribution is -2.42. The standard InChI is InChI=1S/C14H21NO2/c1-14(2,13(17)15(3)4)10-12(16)11-8-6-5-7-9-11/h5-9,13,17H,10H2,1-4H3. The molecule has 0 aromatic heterocycles. The number of hydrogen-bond acceptors (Lipinski definition) is 3. The van der Waals surface area contributed by atoms with E-state index in [0.29, 0.717) is 12.0 Å². The maximum atomic E-state index is 12.1. The van der Waals surface area contributed by atoms with Crippen molar-refractivity contribution in [1.82, 2.24) is 4.90 Å². The number of benzene rings is 1. The van der Waals surface area contributed by atoms with Gasteiger partial charge >= 0.3 is 0 Å². The van der Waals surface area contributed by atoms with Crippen LogP contribution in [0.5, 0.6) is 0 Å². The van der Waals surface area contributed by atoms with Crippen LogP contribution in [0.2, 0.25) is 0 Å². The molecule has 0 fully saturated rings. The third-order valence-electron chi connectivity index (χ3n) is 2.90. The Kier molecular flexibility index (Phi) is 4.43. The smallest absolute Gasteiger partial charge is 0.163 e. The molecule has 0 aliphatic heterocycles. The molecule has 3 heteroatoms. The van der Waals surface area contributed by atoms with Crippen LogP contribution in [0.3, 0.4) is 0 Å². The van der Waals surface area contributed by atoms with E-state index in [1.165, 1.54) is 0 Å². The molecule has 0 heterocycles. The van der Waals surface area contributed by atoms with E-state index in [1.54, 1.807) is 31.1 Å². The molecule has 1 N–H and O–H groups in total. The van der Waals surface area contributed by atoms with Gasteiger partial charge in [0.1, 0.15) is 6.23 Å². The third-order valence-corrected chi connectivity index (χ3v) is 2.90. The Bertz CT molecular complexity index is 371. The summed E-state index contributed by atoms with van der Waals surface area (Å²) in [5.41, 5.74) is 0.239. The second-order valence-electron chi connectivity index (χ2n) is 5.29. The summed E-state index contributed by atoms with van der Waals surface area (Å²) in [7, 11) is 3.61. The summed E-state index contributed by atoms with van der Waals surface area (Å²) in [4.78, 5) is 13.8. The Morgan fingerprint density at radius 2 is 1.82 bits per heavy atom. The number of ketones is 1. The zero-order valence-electron chi connectivity index (χ0n) is 11.0. The van der Waals surface area contributed by atoms with Gasteiger partial charge in [-0.1, -0.05) is 44.2 Å². The topological polar surface area (TPSA) is 40.5 Å². The molecule has 0 aliphatic carbocycles. The van der Waals surface area contributed by atoms with E-state index < -0.39 is 11.6 Å². The van der Waals surface area contributed by atoms with Crippen LogP contribution in [-0.4, -0.2) is 36.1 Å². The summed E-state index contributed by atoms with van der Waals surface area (Å²) in [6.07, 6.45) is -0.300. The molecule has 0 radical (unpaired) electrons. The highest BCUT2D eigenvalue weighted by atomic mass is 16.3. The number of aliphatic hydroxyl groups is 1. The van der Waals surface area contributed by atoms with E-state index in [1.807, 2.05) is 32.0 Å². The molecule has 0 saturated carbocycles. The van der Waals surface area contributed by atoms with Gasteiger partial charge in [-0.15, -0.1) is 0 Å². The van der Waals surface area contributed by atoms with E-state index in [4.69, 9.17) is 0 Å². The zero-order chi connectivity index (χ0) is 13.1. The molecule has 1 unspecified atom stereocenters. The molecular weight excluding hydrogens is 214 g/mol. The number of aliphatic hydroxyl groups excluding tert-OH is 1. The van der Waals surface area contributed by atoms with Gasteiger partial charge in [-0.3, -0.25) is 9.69 Å². The second kappa shape index (κ2) is 5.43. The number of carbonyl (C=O) groups is 1. The highest BCUT2D eigenvalue weighted by Crippen LogP contribution is 2.28. The van der Waals surface area contributed by atoms with Gasteiger partial charge in [0.25, 0.3) is 0 Å². The fraction of sp³-hybridized carbons (Fsp3) is 0.500. The Morgan fingerprint density at radius 1 is 1.29 bits per heavy atom. The molecule has 0 aliphatic rings. The molecule has 0 amide bonds. The summed E-state index contributed by atoms with van der Waals surface area (Å²) < 4.78 is 0. The Hall–Kier alpha value is -1.19. The molecule has 3 nitrogen and oxygen atoms in total. The normalized spacial score (nSPS) is 13.8. The first-order valence-corrected chi connectivity index (χ1v) is 5.77. The second-order valence-corrected chi connectivity index (χ2v) is 5.29. The van der Waals surface area contributed by atoms with Gasteiger partial charge in [0, 0.05) is 17.4 Å². The van der Waals surface area contributed by atoms with Crippen molar-refractivity contribution >= 4 is 5.78 Å². The number of Topliss-reactive ketones (excluding diaryl/α,β-unsaturated/α-hetero) is 1. The first-order valence-electron chi connectivity index (χ1n) is 5.77. The van der Waals surface area contributed by atoms with Crippen LogP contribution >= 0.6 is 0 Å². The van der Waals surface area contributed by atoms with Gasteiger partial charge in [0.15, 0.2) is 5.78 Å². The van der Waals surface area contributed by atoms with Crippen molar-refractivity contribution < 1.29 is 9.90 Å². The van der Waals surface area contributed by atoms with E-state index in [9.17, 15) is 9.90 Å². The monoisotopic (exact) mass is 235 g/mol. The molecule has 1 aromatic carbocycles. The molecule has 1 atom stereocenters. The Labute approximate surface area is 103 Å². The fourth-order valence-corrected chi connectivity index (χ4v) is 1.93. The molecule has 0 bridgehead atoms. The van der Waals surface area contributed by atoms with Crippen molar-refractivity contribution in [2.45, 2.75) is 26.5 Å². The van der Waals surface area contributed by atoms with Crippen molar-refractivity contribution in [3.63, 3.8) is 0 Å². The van der Waals surface area contributed by atoms with Gasteiger partial charge in [-0.25, -0.2) is 0 Å². The van der Waals surface area contributed by atoms with Crippen LogP contribution in [-0.2, 0) is 0 Å². The van der Waals surface area contributed by atoms with Crippen LogP contribution in [0.25, 0.3) is 0 Å². The lowest BCUT2D eigenvalue weighted by atomic mass is 9.83. The SMILES string of the molecule is CN(C)C(O)C(C)(C)CC(=O)c1ccccc1. The third kappa shape index (κ3) is 3.65. The largest absolute Gasteiger partial charge is 0.378 e. The first kappa shape index (κ1) is 13.9. The van der Waals surface area contributed by atoms with Crippen LogP contribution in [0.1, 0.15) is 30.6 Å². The molecule has 0 spiro atoms. The minimum absolute atomic E-state index is 0.0662. The average Bonchev–Trinajstić information content (AvgIpc) is 2.28. The van der Waals surface area contributed by atoms with E-state index in [-0.39, 0.29) is 5.78 Å². The molecule has 94 valence electrons. The summed E-state index contributed by atoms with van der Waals surface area (Å²) in [5, 5.41) is 10.0. The fourth-order valence-electron chi connectivity index (χ4n) is 1.93. The summed E-state index contributed by atoms with van der Waals surface area (Å²) in [6.45, 7) is 3.80. The van der Waals surface area contributed by atoms with Gasteiger partial charge in [-0.2, -0.15) is 0 Å². The summed E-state index contributed by atoms with van der Waals surface area (Å²) >= 11 is 0. The minimum atomic E-state index is -0.629. The van der Waals surface area contributed by atoms with Gasteiger partial charge < -0.3 is 5.11 Å². The van der Waals surface area contributed by atoms with Gasteiger partial charge in [-0.05, 0) is 14.1 Å². The average molecular weight is 235 g/mol. The first-order chi connectivity index (χ1) is 7.84. The summed E-state index contributed by atoms with van der Waals surface area (Å²) in [6, 6.07) is 9.20. The van der Waals surface area contributed by atoms with Crippen LogP contribution in [0.4, 0.5) is 0 Å². The van der Waals surface area contributed by atoms with E-state index >= 15 is 0 Å². The van der Waals surface area contributed by atoms with Crippen LogP contribution in [0, 0.1) is 5.41 Å². The van der Waals surface area contributed by atoms with Gasteiger partial charge in [0.05, 0.1) is 0 Å². The predicted octanol–water partition coefficient (Wildman–Crippen LogP) is 2.17.